The molecule has 0 radical (unpaired) electrons. The third-order valence-corrected chi connectivity index (χ3v) is 2.04. The Hall–Kier alpha value is -1.52. The maximum atomic E-state index is 5.60. The molecule has 74 valence electrons. The first kappa shape index (κ1) is 9.05. The number of para-hydroxylation sites is 1. The van der Waals surface area contributed by atoms with Crippen LogP contribution < -0.4 is 16.1 Å². The van der Waals surface area contributed by atoms with Gasteiger partial charge in [-0.15, -0.1) is 0 Å². The fourth-order valence-electron chi connectivity index (χ4n) is 1.39. The van der Waals surface area contributed by atoms with Gasteiger partial charge in [0.2, 0.25) is 0 Å². The van der Waals surface area contributed by atoms with Crippen LogP contribution in [-0.2, 0) is 6.42 Å². The van der Waals surface area contributed by atoms with E-state index in [1.807, 2.05) is 30.5 Å². The Bertz CT molecular complexity index is 338. The minimum atomic E-state index is 0.463. The molecule has 1 aliphatic heterocycles. The molecule has 0 bridgehead atoms. The van der Waals surface area contributed by atoms with Crippen LogP contribution >= 0.6 is 0 Å². The van der Waals surface area contributed by atoms with E-state index in [4.69, 9.17) is 10.7 Å². The number of fused-ring (bicyclic) bond motifs is 1. The smallest absolute Gasteiger partial charge is 0.158 e. The van der Waals surface area contributed by atoms with Crippen molar-refractivity contribution in [1.29, 1.82) is 0 Å². The van der Waals surface area contributed by atoms with Crippen LogP contribution in [0.4, 0.5) is 0 Å². The lowest BCUT2D eigenvalue weighted by molar-refractivity contribution is -0.0137. The summed E-state index contributed by atoms with van der Waals surface area (Å²) in [5, 5.41) is 1.66. The number of benzene rings is 1. The monoisotopic (exact) mass is 191 g/mol. The zero-order valence-corrected chi connectivity index (χ0v) is 7.81. The van der Waals surface area contributed by atoms with Gasteiger partial charge in [0, 0.05) is 11.8 Å². The molecule has 0 amide bonds. The second kappa shape index (κ2) is 4.13. The van der Waals surface area contributed by atoms with Crippen molar-refractivity contribution in [2.24, 2.45) is 5.84 Å². The first-order chi connectivity index (χ1) is 6.90. The number of nitrogens with zero attached hydrogens (tertiary/aromatic N) is 1. The van der Waals surface area contributed by atoms with Crippen molar-refractivity contribution in [3.63, 3.8) is 0 Å². The molecule has 0 saturated heterocycles. The molecular weight excluding hydrogens is 178 g/mol. The van der Waals surface area contributed by atoms with Gasteiger partial charge in [-0.3, -0.25) is 5.84 Å². The Morgan fingerprint density at radius 2 is 2.29 bits per heavy atom. The summed E-state index contributed by atoms with van der Waals surface area (Å²) in [6, 6.07) is 7.97. The van der Waals surface area contributed by atoms with Crippen molar-refractivity contribution < 1.29 is 4.84 Å². The summed E-state index contributed by atoms with van der Waals surface area (Å²) in [4.78, 5) is 5.60. The summed E-state index contributed by atoms with van der Waals surface area (Å²) < 4.78 is 0. The maximum absolute atomic E-state index is 5.60. The van der Waals surface area contributed by atoms with Crippen molar-refractivity contribution >= 4 is 0 Å². The molecule has 0 spiro atoms. The fraction of sp³-hybridized carbons (Fsp3) is 0.200. The molecule has 3 N–H and O–H groups in total. The van der Waals surface area contributed by atoms with E-state index in [0.717, 1.165) is 12.2 Å². The SMILES string of the molecule is NNCN1C=CCc2ccccc2O1. The van der Waals surface area contributed by atoms with E-state index in [1.165, 1.54) is 5.56 Å². The van der Waals surface area contributed by atoms with Crippen LogP contribution in [0.2, 0.25) is 0 Å². The molecule has 0 aromatic heterocycles. The molecule has 1 aromatic rings. The van der Waals surface area contributed by atoms with E-state index in [-0.39, 0.29) is 0 Å². The molecule has 0 aliphatic carbocycles. The number of nitrogens with one attached hydrogen (secondary N) is 1. The highest BCUT2D eigenvalue weighted by atomic mass is 16.7. The molecule has 0 unspecified atom stereocenters. The van der Waals surface area contributed by atoms with Gasteiger partial charge in [0.05, 0.1) is 0 Å². The van der Waals surface area contributed by atoms with Crippen LogP contribution in [-0.4, -0.2) is 11.7 Å². The molecule has 0 fully saturated rings. The van der Waals surface area contributed by atoms with E-state index in [1.54, 1.807) is 5.06 Å². The van der Waals surface area contributed by atoms with Gasteiger partial charge in [0.15, 0.2) is 5.75 Å². The van der Waals surface area contributed by atoms with Gasteiger partial charge in [-0.1, -0.05) is 24.3 Å². The van der Waals surface area contributed by atoms with Gasteiger partial charge in [0.25, 0.3) is 0 Å². The second-order valence-corrected chi connectivity index (χ2v) is 3.07. The lowest BCUT2D eigenvalue weighted by atomic mass is 10.1. The second-order valence-electron chi connectivity index (χ2n) is 3.07. The number of nitrogens with two attached hydrogens (primary N) is 1. The Balaban J connectivity index is 2.20. The van der Waals surface area contributed by atoms with E-state index < -0.39 is 0 Å². The topological polar surface area (TPSA) is 50.5 Å². The molecule has 1 aromatic carbocycles. The van der Waals surface area contributed by atoms with Crippen molar-refractivity contribution in [2.75, 3.05) is 6.67 Å². The number of hydrazine groups is 1. The van der Waals surface area contributed by atoms with Gasteiger partial charge in [-0.05, 0) is 12.5 Å². The molecule has 1 aliphatic rings. The number of hydrogen-bond acceptors (Lipinski definition) is 4. The highest BCUT2D eigenvalue weighted by Crippen LogP contribution is 2.22. The number of hydroxylamine groups is 2. The normalized spacial score (nSPS) is 14.5. The summed E-state index contributed by atoms with van der Waals surface area (Å²) in [7, 11) is 0. The average Bonchev–Trinajstić information content (AvgIpc) is 2.40. The highest BCUT2D eigenvalue weighted by molar-refractivity contribution is 5.35. The van der Waals surface area contributed by atoms with E-state index in [0.29, 0.717) is 6.67 Å². The molecule has 1 heterocycles. The summed E-state index contributed by atoms with van der Waals surface area (Å²) >= 11 is 0. The van der Waals surface area contributed by atoms with Gasteiger partial charge >= 0.3 is 0 Å². The minimum absolute atomic E-state index is 0.463. The Morgan fingerprint density at radius 1 is 1.43 bits per heavy atom. The maximum Gasteiger partial charge on any atom is 0.158 e. The van der Waals surface area contributed by atoms with Crippen molar-refractivity contribution in [3.05, 3.63) is 42.1 Å². The lowest BCUT2D eigenvalue weighted by Gasteiger charge is -2.19. The van der Waals surface area contributed by atoms with Crippen LogP contribution in [0.3, 0.4) is 0 Å². The molecule has 0 saturated carbocycles. The molecule has 4 heteroatoms. The highest BCUT2D eigenvalue weighted by Gasteiger charge is 2.08. The predicted molar refractivity (Wildman–Crippen MR) is 53.9 cm³/mol. The number of allylic oxidation sites excluding steroid dienone is 1. The molecular formula is C10H13N3O. The summed E-state index contributed by atoms with van der Waals surface area (Å²) in [6.07, 6.45) is 4.81. The van der Waals surface area contributed by atoms with Crippen molar-refractivity contribution in [2.45, 2.75) is 6.42 Å². The van der Waals surface area contributed by atoms with Crippen molar-refractivity contribution in [1.82, 2.24) is 10.5 Å². The van der Waals surface area contributed by atoms with E-state index >= 15 is 0 Å². The summed E-state index contributed by atoms with van der Waals surface area (Å²) in [5.74, 6) is 6.11. The summed E-state index contributed by atoms with van der Waals surface area (Å²) in [5.41, 5.74) is 3.73. The zero-order chi connectivity index (χ0) is 9.80. The molecule has 14 heavy (non-hydrogen) atoms. The van der Waals surface area contributed by atoms with Crippen LogP contribution in [0.1, 0.15) is 5.56 Å². The number of rotatable bonds is 2. The fourth-order valence-corrected chi connectivity index (χ4v) is 1.39. The largest absolute Gasteiger partial charge is 0.379 e. The first-order valence-corrected chi connectivity index (χ1v) is 4.53. The van der Waals surface area contributed by atoms with E-state index in [2.05, 4.69) is 11.5 Å². The quantitative estimate of drug-likeness (QED) is 0.535. The number of hydrogen-bond donors (Lipinski definition) is 2. The standard InChI is InChI=1S/C10H13N3O/c11-12-8-13-7-3-5-9-4-1-2-6-10(9)14-13/h1-4,6-7,12H,5,8,11H2. The van der Waals surface area contributed by atoms with E-state index in [9.17, 15) is 0 Å². The van der Waals surface area contributed by atoms with Gasteiger partial charge < -0.3 is 4.84 Å². The molecule has 0 atom stereocenters. The van der Waals surface area contributed by atoms with Gasteiger partial charge in [0.1, 0.15) is 6.67 Å². The van der Waals surface area contributed by atoms with Gasteiger partial charge in [-0.2, -0.15) is 0 Å². The zero-order valence-electron chi connectivity index (χ0n) is 7.81. The summed E-state index contributed by atoms with van der Waals surface area (Å²) in [6.45, 7) is 0.463. The molecule has 2 rings (SSSR count). The third-order valence-electron chi connectivity index (χ3n) is 2.04. The Morgan fingerprint density at radius 3 is 3.14 bits per heavy atom. The third kappa shape index (κ3) is 1.86. The predicted octanol–water partition coefficient (Wildman–Crippen LogP) is 0.773. The van der Waals surface area contributed by atoms with Gasteiger partial charge in [-0.25, -0.2) is 10.5 Å². The van der Waals surface area contributed by atoms with Crippen LogP contribution in [0.15, 0.2) is 36.5 Å². The first-order valence-electron chi connectivity index (χ1n) is 4.53. The van der Waals surface area contributed by atoms with Crippen molar-refractivity contribution in [3.8, 4) is 5.75 Å². The van der Waals surface area contributed by atoms with Crippen LogP contribution in [0, 0.1) is 0 Å². The average molecular weight is 191 g/mol. The minimum Gasteiger partial charge on any atom is -0.379 e. The molecule has 4 nitrogen and oxygen atoms in total. The van der Waals surface area contributed by atoms with Crippen LogP contribution in [0.5, 0.6) is 5.75 Å². The Labute approximate surface area is 82.9 Å². The Kier molecular flexibility index (Phi) is 2.67. The lowest BCUT2D eigenvalue weighted by Crippen LogP contribution is -2.36. The van der Waals surface area contributed by atoms with Crippen LogP contribution in [0.25, 0.3) is 0 Å².